The van der Waals surface area contributed by atoms with Gasteiger partial charge < -0.3 is 10.2 Å². The van der Waals surface area contributed by atoms with Gasteiger partial charge in [0.05, 0.1) is 17.1 Å². The number of hydrogen-bond acceptors (Lipinski definition) is 3. The summed E-state index contributed by atoms with van der Waals surface area (Å²) in [4.78, 5) is 18.4. The van der Waals surface area contributed by atoms with Crippen molar-refractivity contribution in [3.05, 3.63) is 29.6 Å². The Morgan fingerprint density at radius 1 is 1.60 bits per heavy atom. The molecule has 1 heterocycles. The summed E-state index contributed by atoms with van der Waals surface area (Å²) in [6, 6.07) is 5.66. The highest BCUT2D eigenvalue weighted by molar-refractivity contribution is 6.04. The van der Waals surface area contributed by atoms with Crippen LogP contribution in [0.25, 0.3) is 11.0 Å². The molecule has 0 unspecified atom stereocenters. The molecule has 1 aromatic heterocycles. The maximum Gasteiger partial charge on any atom is 0.182 e. The van der Waals surface area contributed by atoms with Crippen LogP contribution in [0.15, 0.2) is 18.2 Å². The first-order valence-corrected chi connectivity index (χ1v) is 4.87. The number of aromatic amines is 1. The van der Waals surface area contributed by atoms with Crippen molar-refractivity contribution >= 4 is 25.3 Å². The number of nitrogens with one attached hydrogen (secondary N) is 2. The molecule has 0 fully saturated rings. The summed E-state index contributed by atoms with van der Waals surface area (Å²) in [5, 5.41) is 3.10. The van der Waals surface area contributed by atoms with Crippen molar-refractivity contribution in [2.75, 3.05) is 0 Å². The van der Waals surface area contributed by atoms with Crippen LogP contribution in [0.4, 0.5) is 0 Å². The Bertz CT molecular complexity index is 494. The summed E-state index contributed by atoms with van der Waals surface area (Å²) in [6.45, 7) is 2.01. The van der Waals surface area contributed by atoms with E-state index in [0.29, 0.717) is 5.56 Å². The van der Waals surface area contributed by atoms with Gasteiger partial charge >= 0.3 is 0 Å². The van der Waals surface area contributed by atoms with Gasteiger partial charge in [0.25, 0.3) is 0 Å². The Morgan fingerprint density at radius 2 is 2.40 bits per heavy atom. The highest BCUT2D eigenvalue weighted by Crippen LogP contribution is 2.18. The van der Waals surface area contributed by atoms with E-state index in [2.05, 4.69) is 15.2 Å². The smallest absolute Gasteiger partial charge is 0.182 e. The van der Waals surface area contributed by atoms with Crippen molar-refractivity contribution in [3.8, 4) is 0 Å². The number of carbonyl (C=O) groups is 1. The first-order valence-electron chi connectivity index (χ1n) is 4.87. The third-order valence-corrected chi connectivity index (χ3v) is 2.54. The first kappa shape index (κ1) is 9.92. The second-order valence-electron chi connectivity index (χ2n) is 3.49. The zero-order chi connectivity index (χ0) is 10.8. The number of rotatable bonds is 3. The number of carbonyl (C=O) groups excluding carboxylic acids is 1. The fraction of sp³-hybridized carbons (Fsp3) is 0.200. The summed E-state index contributed by atoms with van der Waals surface area (Å²) in [5.41, 5.74) is 2.29. The Balaban J connectivity index is 2.59. The lowest BCUT2D eigenvalue weighted by Crippen LogP contribution is -2.15. The second kappa shape index (κ2) is 3.86. The van der Waals surface area contributed by atoms with Crippen LogP contribution in [-0.2, 0) is 0 Å². The zero-order valence-electron chi connectivity index (χ0n) is 8.74. The van der Waals surface area contributed by atoms with E-state index >= 15 is 0 Å². The Morgan fingerprint density at radius 3 is 3.07 bits per heavy atom. The predicted molar refractivity (Wildman–Crippen MR) is 61.6 cm³/mol. The molecule has 1 atom stereocenters. The minimum atomic E-state index is 0.150. The highest BCUT2D eigenvalue weighted by Gasteiger charge is 2.10. The molecule has 2 rings (SSSR count). The summed E-state index contributed by atoms with van der Waals surface area (Å²) < 4.78 is 0. The van der Waals surface area contributed by atoms with Gasteiger partial charge in [0.2, 0.25) is 0 Å². The molecule has 0 aliphatic heterocycles. The van der Waals surface area contributed by atoms with Crippen molar-refractivity contribution in [2.24, 2.45) is 0 Å². The van der Waals surface area contributed by atoms with Crippen molar-refractivity contribution in [1.82, 2.24) is 15.2 Å². The van der Waals surface area contributed by atoms with Gasteiger partial charge in [0.1, 0.15) is 5.82 Å². The average molecular weight is 201 g/mol. The van der Waals surface area contributed by atoms with Gasteiger partial charge in [-0.15, -0.1) is 0 Å². The van der Waals surface area contributed by atoms with Crippen LogP contribution in [0.2, 0.25) is 0 Å². The van der Waals surface area contributed by atoms with E-state index in [1.807, 2.05) is 27.0 Å². The van der Waals surface area contributed by atoms with E-state index in [1.165, 1.54) is 0 Å². The summed E-state index contributed by atoms with van der Waals surface area (Å²) in [7, 11) is 1.87. The Labute approximate surface area is 88.5 Å². The average Bonchev–Trinajstić information content (AvgIpc) is 2.71. The number of nitrogens with zero attached hydrogens (tertiary/aromatic N) is 1. The highest BCUT2D eigenvalue weighted by atomic mass is 16.1. The third kappa shape index (κ3) is 1.66. The fourth-order valence-corrected chi connectivity index (χ4v) is 1.51. The number of aldehydes is 1. The van der Waals surface area contributed by atoms with Gasteiger partial charge in [-0.1, -0.05) is 6.07 Å². The quantitative estimate of drug-likeness (QED) is 0.563. The zero-order valence-corrected chi connectivity index (χ0v) is 8.74. The van der Waals surface area contributed by atoms with Crippen molar-refractivity contribution in [1.29, 1.82) is 0 Å². The minimum absolute atomic E-state index is 0.150. The summed E-state index contributed by atoms with van der Waals surface area (Å²) in [5.74, 6) is 0.849. The molecule has 5 heteroatoms. The Kier molecular flexibility index (Phi) is 2.56. The van der Waals surface area contributed by atoms with E-state index in [9.17, 15) is 4.79 Å². The van der Waals surface area contributed by atoms with Gasteiger partial charge in [-0.2, -0.15) is 0 Å². The number of benzene rings is 1. The molecule has 0 spiro atoms. The van der Waals surface area contributed by atoms with Crippen LogP contribution in [0, 0.1) is 0 Å². The number of hydrogen-bond donors (Lipinski definition) is 2. The summed E-state index contributed by atoms with van der Waals surface area (Å²) >= 11 is 0. The van der Waals surface area contributed by atoms with Gasteiger partial charge in [-0.3, -0.25) is 4.79 Å². The largest absolute Gasteiger partial charge is 0.353 e. The topological polar surface area (TPSA) is 57.8 Å². The molecule has 76 valence electrons. The number of para-hydroxylation sites is 1. The van der Waals surface area contributed by atoms with Gasteiger partial charge in [0.15, 0.2) is 14.3 Å². The second-order valence-corrected chi connectivity index (χ2v) is 3.49. The number of aromatic nitrogens is 2. The van der Waals surface area contributed by atoms with Gasteiger partial charge in [0, 0.05) is 5.56 Å². The lowest BCUT2D eigenvalue weighted by Gasteiger charge is -2.04. The van der Waals surface area contributed by atoms with Crippen LogP contribution in [0.5, 0.6) is 0 Å². The van der Waals surface area contributed by atoms with Crippen LogP contribution in [0.1, 0.15) is 29.1 Å². The van der Waals surface area contributed by atoms with Crippen molar-refractivity contribution < 1.29 is 4.79 Å². The van der Waals surface area contributed by atoms with Crippen LogP contribution >= 0.6 is 0 Å². The van der Waals surface area contributed by atoms with Crippen molar-refractivity contribution in [3.63, 3.8) is 0 Å². The van der Waals surface area contributed by atoms with Gasteiger partial charge in [-0.25, -0.2) is 4.98 Å². The maximum atomic E-state index is 10.8. The molecule has 2 aromatic rings. The minimum Gasteiger partial charge on any atom is -0.353 e. The van der Waals surface area contributed by atoms with Crippen LogP contribution in [0.3, 0.4) is 0 Å². The molecule has 15 heavy (non-hydrogen) atoms. The monoisotopic (exact) mass is 201 g/mol. The van der Waals surface area contributed by atoms with E-state index in [1.54, 1.807) is 6.07 Å². The molecule has 0 saturated carbocycles. The summed E-state index contributed by atoms with van der Waals surface area (Å²) in [6.07, 6.45) is 0.842. The molecule has 2 N–H and O–H groups in total. The van der Waals surface area contributed by atoms with Gasteiger partial charge in [-0.05, 0) is 19.1 Å². The normalized spacial score (nSPS) is 12.9. The van der Waals surface area contributed by atoms with Crippen LogP contribution < -0.4 is 5.23 Å². The lowest BCUT2D eigenvalue weighted by atomic mass is 10.2. The maximum absolute atomic E-state index is 10.8. The molecule has 0 bridgehead atoms. The fourth-order valence-electron chi connectivity index (χ4n) is 1.51. The van der Waals surface area contributed by atoms with E-state index in [-0.39, 0.29) is 6.04 Å². The molecular weight excluding hydrogens is 189 g/mol. The standard InChI is InChI=1S/C10H12BN3O/c1-6(14-11)10-12-8-4-2-3-7(5-15)9(8)13-10/h2-6,14H,11H2,1H3,(H,12,13)/t6-/m0/s1. The molecule has 0 saturated heterocycles. The Hall–Kier alpha value is -1.62. The SMILES string of the molecule is BN[C@@H](C)c1nc2cccc(C=O)c2[nH]1. The van der Waals surface area contributed by atoms with E-state index < -0.39 is 0 Å². The molecule has 1 aromatic carbocycles. The number of H-pyrrole nitrogens is 1. The molecular formula is C10H12BN3O. The van der Waals surface area contributed by atoms with E-state index in [4.69, 9.17) is 0 Å². The molecule has 0 radical (unpaired) electrons. The first-order chi connectivity index (χ1) is 7.26. The molecule has 0 aliphatic rings. The van der Waals surface area contributed by atoms with Crippen LogP contribution in [-0.4, -0.2) is 24.2 Å². The number of fused-ring (bicyclic) bond motifs is 1. The molecule has 4 nitrogen and oxygen atoms in total. The van der Waals surface area contributed by atoms with Crippen molar-refractivity contribution in [2.45, 2.75) is 13.0 Å². The molecule has 0 aliphatic carbocycles. The lowest BCUT2D eigenvalue weighted by molar-refractivity contribution is 0.112. The number of imidazole rings is 1. The predicted octanol–water partition coefficient (Wildman–Crippen LogP) is 0.574. The van der Waals surface area contributed by atoms with E-state index in [0.717, 1.165) is 23.1 Å². The molecule has 0 amide bonds. The third-order valence-electron chi connectivity index (χ3n) is 2.54.